The standard InChI is InChI=1S/C22H19BrN4O3/c1-27(14-18-6-7-19(29-18)15-2-4-17(23)5-3-15)21(28)9-8-20-25-22(26-30-20)16-10-12-24-13-11-16/h2-7,10-13H,8-9,14H2,1H3. The van der Waals surface area contributed by atoms with Crippen molar-refractivity contribution in [2.45, 2.75) is 19.4 Å². The second-order valence-electron chi connectivity index (χ2n) is 6.77. The van der Waals surface area contributed by atoms with Crippen LogP contribution >= 0.6 is 15.9 Å². The van der Waals surface area contributed by atoms with E-state index in [9.17, 15) is 4.79 Å². The lowest BCUT2D eigenvalue weighted by molar-refractivity contribution is -0.130. The zero-order chi connectivity index (χ0) is 20.9. The number of carbonyl (C=O) groups excluding carboxylic acids is 1. The predicted molar refractivity (Wildman–Crippen MR) is 114 cm³/mol. The summed E-state index contributed by atoms with van der Waals surface area (Å²) in [6.07, 6.45) is 3.99. The molecule has 0 N–H and O–H groups in total. The van der Waals surface area contributed by atoms with E-state index in [0.29, 0.717) is 24.7 Å². The fraction of sp³-hybridized carbons (Fsp3) is 0.182. The molecule has 3 aromatic heterocycles. The van der Waals surface area contributed by atoms with Crippen molar-refractivity contribution in [3.63, 3.8) is 0 Å². The number of hydrogen-bond donors (Lipinski definition) is 0. The summed E-state index contributed by atoms with van der Waals surface area (Å²) in [7, 11) is 1.75. The maximum absolute atomic E-state index is 12.5. The van der Waals surface area contributed by atoms with Gasteiger partial charge in [0.2, 0.25) is 17.6 Å². The van der Waals surface area contributed by atoms with Crippen LogP contribution in [0, 0.1) is 0 Å². The largest absolute Gasteiger partial charge is 0.459 e. The maximum Gasteiger partial charge on any atom is 0.227 e. The third-order valence-electron chi connectivity index (χ3n) is 4.57. The Kier molecular flexibility index (Phi) is 6.04. The van der Waals surface area contributed by atoms with Gasteiger partial charge in [0.15, 0.2) is 0 Å². The van der Waals surface area contributed by atoms with Gasteiger partial charge in [0.1, 0.15) is 11.5 Å². The zero-order valence-corrected chi connectivity index (χ0v) is 17.9. The summed E-state index contributed by atoms with van der Waals surface area (Å²) in [5.74, 6) is 2.39. The third-order valence-corrected chi connectivity index (χ3v) is 5.10. The molecule has 0 aliphatic heterocycles. The Labute approximate surface area is 181 Å². The molecule has 0 fully saturated rings. The summed E-state index contributed by atoms with van der Waals surface area (Å²) in [4.78, 5) is 22.4. The van der Waals surface area contributed by atoms with Crippen LogP contribution in [0.25, 0.3) is 22.7 Å². The normalized spacial score (nSPS) is 10.9. The first-order chi connectivity index (χ1) is 14.6. The van der Waals surface area contributed by atoms with Crippen LogP contribution in [-0.2, 0) is 17.8 Å². The molecule has 0 spiro atoms. The number of carbonyl (C=O) groups is 1. The number of furan rings is 1. The topological polar surface area (TPSA) is 85.3 Å². The molecule has 7 nitrogen and oxygen atoms in total. The quantitative estimate of drug-likeness (QED) is 0.390. The molecule has 0 saturated carbocycles. The number of aromatic nitrogens is 3. The second-order valence-corrected chi connectivity index (χ2v) is 7.69. The van der Waals surface area contributed by atoms with Gasteiger partial charge < -0.3 is 13.8 Å². The number of rotatable bonds is 7. The number of nitrogens with zero attached hydrogens (tertiary/aromatic N) is 4. The number of hydrogen-bond acceptors (Lipinski definition) is 6. The predicted octanol–water partition coefficient (Wildman–Crippen LogP) is 4.75. The van der Waals surface area contributed by atoms with Crippen molar-refractivity contribution >= 4 is 21.8 Å². The smallest absolute Gasteiger partial charge is 0.227 e. The van der Waals surface area contributed by atoms with Gasteiger partial charge in [-0.1, -0.05) is 33.2 Å². The number of pyridine rings is 1. The molecule has 4 rings (SSSR count). The van der Waals surface area contributed by atoms with Crippen LogP contribution in [0.5, 0.6) is 0 Å². The van der Waals surface area contributed by atoms with E-state index in [1.807, 2.05) is 36.4 Å². The van der Waals surface area contributed by atoms with Crippen LogP contribution in [0.1, 0.15) is 18.1 Å². The molecular formula is C22H19BrN4O3. The van der Waals surface area contributed by atoms with E-state index < -0.39 is 0 Å². The van der Waals surface area contributed by atoms with Crippen LogP contribution in [0.15, 0.2) is 74.3 Å². The van der Waals surface area contributed by atoms with Gasteiger partial charge in [-0.2, -0.15) is 4.98 Å². The molecule has 0 bridgehead atoms. The lowest BCUT2D eigenvalue weighted by Crippen LogP contribution is -2.26. The molecule has 0 saturated heterocycles. The highest BCUT2D eigenvalue weighted by Crippen LogP contribution is 2.24. The second kappa shape index (κ2) is 9.04. The minimum atomic E-state index is -0.0275. The minimum absolute atomic E-state index is 0.0275. The lowest BCUT2D eigenvalue weighted by atomic mass is 10.2. The fourth-order valence-corrected chi connectivity index (χ4v) is 3.20. The van der Waals surface area contributed by atoms with Gasteiger partial charge in [-0.25, -0.2) is 0 Å². The lowest BCUT2D eigenvalue weighted by Gasteiger charge is -2.15. The van der Waals surface area contributed by atoms with Gasteiger partial charge in [0.05, 0.1) is 6.54 Å². The highest BCUT2D eigenvalue weighted by atomic mass is 79.9. The van der Waals surface area contributed by atoms with Gasteiger partial charge in [-0.05, 0) is 36.4 Å². The van der Waals surface area contributed by atoms with Crippen LogP contribution in [-0.4, -0.2) is 33.0 Å². The molecule has 0 atom stereocenters. The van der Waals surface area contributed by atoms with E-state index in [-0.39, 0.29) is 12.3 Å². The molecule has 0 unspecified atom stereocenters. The van der Waals surface area contributed by atoms with Crippen molar-refractivity contribution in [2.75, 3.05) is 7.05 Å². The molecule has 0 aliphatic rings. The van der Waals surface area contributed by atoms with E-state index in [4.69, 9.17) is 8.94 Å². The number of aryl methyl sites for hydroxylation is 1. The highest BCUT2D eigenvalue weighted by Gasteiger charge is 2.15. The number of amides is 1. The summed E-state index contributed by atoms with van der Waals surface area (Å²) < 4.78 is 12.2. The Morgan fingerprint density at radius 3 is 2.57 bits per heavy atom. The first-order valence-electron chi connectivity index (χ1n) is 9.40. The molecular weight excluding hydrogens is 448 g/mol. The van der Waals surface area contributed by atoms with Gasteiger partial charge >= 0.3 is 0 Å². The number of benzene rings is 1. The van der Waals surface area contributed by atoms with E-state index in [2.05, 4.69) is 31.1 Å². The Bertz CT molecular complexity index is 1120. The molecule has 4 aromatic rings. The van der Waals surface area contributed by atoms with Crippen molar-refractivity contribution in [3.8, 4) is 22.7 Å². The molecule has 1 aromatic carbocycles. The first-order valence-corrected chi connectivity index (χ1v) is 10.2. The highest BCUT2D eigenvalue weighted by molar-refractivity contribution is 9.10. The average molecular weight is 467 g/mol. The summed E-state index contributed by atoms with van der Waals surface area (Å²) in [5, 5.41) is 3.96. The van der Waals surface area contributed by atoms with Crippen molar-refractivity contribution in [3.05, 3.63) is 77.0 Å². The van der Waals surface area contributed by atoms with Gasteiger partial charge in [-0.15, -0.1) is 0 Å². The van der Waals surface area contributed by atoms with Crippen LogP contribution in [0.3, 0.4) is 0 Å². The summed E-state index contributed by atoms with van der Waals surface area (Å²) in [5.41, 5.74) is 1.81. The third kappa shape index (κ3) is 4.83. The molecule has 1 amide bonds. The van der Waals surface area contributed by atoms with E-state index in [1.54, 1.807) is 36.5 Å². The SMILES string of the molecule is CN(Cc1ccc(-c2ccc(Br)cc2)o1)C(=O)CCc1nc(-c2ccncc2)no1. The Balaban J connectivity index is 1.31. The molecule has 3 heterocycles. The molecule has 0 radical (unpaired) electrons. The van der Waals surface area contributed by atoms with Crippen LogP contribution < -0.4 is 0 Å². The molecule has 8 heteroatoms. The summed E-state index contributed by atoms with van der Waals surface area (Å²) in [6.45, 7) is 0.390. The fourth-order valence-electron chi connectivity index (χ4n) is 2.93. The van der Waals surface area contributed by atoms with Gasteiger partial charge in [-0.3, -0.25) is 9.78 Å². The van der Waals surface area contributed by atoms with E-state index in [0.717, 1.165) is 27.1 Å². The monoisotopic (exact) mass is 466 g/mol. The van der Waals surface area contributed by atoms with Crippen LogP contribution in [0.2, 0.25) is 0 Å². The van der Waals surface area contributed by atoms with Crippen molar-refractivity contribution in [2.24, 2.45) is 0 Å². The molecule has 30 heavy (non-hydrogen) atoms. The van der Waals surface area contributed by atoms with E-state index in [1.165, 1.54) is 0 Å². The Morgan fingerprint density at radius 2 is 1.80 bits per heavy atom. The van der Waals surface area contributed by atoms with Gasteiger partial charge in [0, 0.05) is 47.9 Å². The van der Waals surface area contributed by atoms with Crippen LogP contribution in [0.4, 0.5) is 0 Å². The average Bonchev–Trinajstić information content (AvgIpc) is 3.43. The van der Waals surface area contributed by atoms with E-state index >= 15 is 0 Å². The van der Waals surface area contributed by atoms with Crippen molar-refractivity contribution in [1.82, 2.24) is 20.0 Å². The van der Waals surface area contributed by atoms with Gasteiger partial charge in [0.25, 0.3) is 0 Å². The Hall–Kier alpha value is -3.26. The molecule has 152 valence electrons. The van der Waals surface area contributed by atoms with Crippen molar-refractivity contribution in [1.29, 1.82) is 0 Å². The zero-order valence-electron chi connectivity index (χ0n) is 16.3. The summed E-state index contributed by atoms with van der Waals surface area (Å²) in [6, 6.07) is 15.3. The maximum atomic E-state index is 12.5. The summed E-state index contributed by atoms with van der Waals surface area (Å²) >= 11 is 3.42. The molecule has 0 aliphatic carbocycles. The van der Waals surface area contributed by atoms with Crippen molar-refractivity contribution < 1.29 is 13.7 Å². The Morgan fingerprint density at radius 1 is 1.03 bits per heavy atom. The first kappa shape index (κ1) is 20.0. The minimum Gasteiger partial charge on any atom is -0.459 e. The number of halogens is 1.